The lowest BCUT2D eigenvalue weighted by Crippen LogP contribution is -2.40. The number of nitrogens with zero attached hydrogens (tertiary/aromatic N) is 3. The summed E-state index contributed by atoms with van der Waals surface area (Å²) >= 11 is 0. The average molecular weight is 340 g/mol. The molecule has 2 aromatic rings. The van der Waals surface area contributed by atoms with Gasteiger partial charge in [-0.3, -0.25) is 9.59 Å². The van der Waals surface area contributed by atoms with E-state index in [0.717, 1.165) is 37.1 Å². The van der Waals surface area contributed by atoms with Crippen LogP contribution < -0.4 is 5.73 Å². The number of carbonyl (C=O) groups excluding carboxylic acids is 2. The molecule has 0 saturated carbocycles. The van der Waals surface area contributed by atoms with Crippen LogP contribution in [0, 0.1) is 12.8 Å². The Labute approximate surface area is 147 Å². The zero-order valence-corrected chi connectivity index (χ0v) is 14.5. The summed E-state index contributed by atoms with van der Waals surface area (Å²) in [5.74, 6) is 0.0265. The number of primary amides is 1. The van der Waals surface area contributed by atoms with Gasteiger partial charge in [-0.25, -0.2) is 4.68 Å². The van der Waals surface area contributed by atoms with E-state index in [9.17, 15) is 9.59 Å². The molecule has 0 spiro atoms. The minimum Gasteiger partial charge on any atom is -0.370 e. The topological polar surface area (TPSA) is 81.2 Å². The van der Waals surface area contributed by atoms with Gasteiger partial charge in [-0.2, -0.15) is 5.10 Å². The molecule has 2 amide bonds. The van der Waals surface area contributed by atoms with Crippen LogP contribution in [0.25, 0.3) is 5.69 Å². The third-order valence-corrected chi connectivity index (χ3v) is 4.73. The number of aromatic nitrogens is 2. The predicted octanol–water partition coefficient (Wildman–Crippen LogP) is 2.30. The van der Waals surface area contributed by atoms with Crippen LogP contribution in [0.5, 0.6) is 0 Å². The molecule has 25 heavy (non-hydrogen) atoms. The normalized spacial score (nSPS) is 17.5. The first-order chi connectivity index (χ1) is 12.0. The first-order valence-corrected chi connectivity index (χ1v) is 8.74. The third kappa shape index (κ3) is 4.07. The van der Waals surface area contributed by atoms with Gasteiger partial charge in [-0.15, -0.1) is 0 Å². The van der Waals surface area contributed by atoms with Gasteiger partial charge in [0.1, 0.15) is 0 Å². The van der Waals surface area contributed by atoms with E-state index in [1.165, 1.54) is 0 Å². The summed E-state index contributed by atoms with van der Waals surface area (Å²) in [6.45, 7) is 3.32. The first-order valence-electron chi connectivity index (χ1n) is 8.74. The molecule has 1 saturated heterocycles. The van der Waals surface area contributed by atoms with Gasteiger partial charge >= 0.3 is 0 Å². The molecule has 6 nitrogen and oxygen atoms in total. The van der Waals surface area contributed by atoms with Gasteiger partial charge in [-0.1, -0.05) is 18.2 Å². The van der Waals surface area contributed by atoms with Crippen molar-refractivity contribution in [3.05, 3.63) is 47.8 Å². The number of amides is 2. The molecular weight excluding hydrogens is 316 g/mol. The number of benzene rings is 1. The Morgan fingerprint density at radius 2 is 2.04 bits per heavy atom. The molecule has 6 heteroatoms. The van der Waals surface area contributed by atoms with Gasteiger partial charge in [0, 0.05) is 31.3 Å². The van der Waals surface area contributed by atoms with E-state index in [0.29, 0.717) is 24.6 Å². The van der Waals surface area contributed by atoms with Gasteiger partial charge in [0.05, 0.1) is 5.69 Å². The Bertz CT molecular complexity index is 754. The van der Waals surface area contributed by atoms with Crippen LogP contribution in [0.3, 0.4) is 0 Å². The molecule has 1 atom stereocenters. The van der Waals surface area contributed by atoms with Crippen molar-refractivity contribution in [1.29, 1.82) is 0 Å². The van der Waals surface area contributed by atoms with E-state index >= 15 is 0 Å². The van der Waals surface area contributed by atoms with Crippen LogP contribution in [0.1, 0.15) is 41.7 Å². The quantitative estimate of drug-likeness (QED) is 0.907. The molecule has 1 aromatic heterocycles. The summed E-state index contributed by atoms with van der Waals surface area (Å²) in [6.07, 6.45) is 5.00. The van der Waals surface area contributed by atoms with Crippen molar-refractivity contribution in [2.75, 3.05) is 13.1 Å². The van der Waals surface area contributed by atoms with E-state index < -0.39 is 0 Å². The van der Waals surface area contributed by atoms with Crippen molar-refractivity contribution >= 4 is 11.8 Å². The minimum absolute atomic E-state index is 0.0315. The fourth-order valence-electron chi connectivity index (χ4n) is 3.37. The second-order valence-corrected chi connectivity index (χ2v) is 6.71. The van der Waals surface area contributed by atoms with Gasteiger partial charge < -0.3 is 10.6 Å². The Kier molecular flexibility index (Phi) is 5.16. The highest BCUT2D eigenvalue weighted by Crippen LogP contribution is 2.23. The molecule has 1 aliphatic rings. The molecule has 2 N–H and O–H groups in total. The number of rotatable bonds is 5. The number of carbonyl (C=O) groups is 2. The Morgan fingerprint density at radius 1 is 1.28 bits per heavy atom. The fourth-order valence-corrected chi connectivity index (χ4v) is 3.37. The summed E-state index contributed by atoms with van der Waals surface area (Å²) in [5.41, 5.74) is 7.54. The molecule has 132 valence electrons. The number of aryl methyl sites for hydroxylation is 1. The van der Waals surface area contributed by atoms with E-state index in [-0.39, 0.29) is 11.8 Å². The number of piperidine rings is 1. The lowest BCUT2D eigenvalue weighted by atomic mass is 9.93. The van der Waals surface area contributed by atoms with Gasteiger partial charge in [0.25, 0.3) is 5.91 Å². The van der Waals surface area contributed by atoms with Crippen LogP contribution in [0.2, 0.25) is 0 Å². The summed E-state index contributed by atoms with van der Waals surface area (Å²) < 4.78 is 1.75. The van der Waals surface area contributed by atoms with Gasteiger partial charge in [0.2, 0.25) is 5.91 Å². The summed E-state index contributed by atoms with van der Waals surface area (Å²) in [7, 11) is 0. The number of para-hydroxylation sites is 1. The first kappa shape index (κ1) is 17.2. The SMILES string of the molecule is Cc1cn(-c2ccccc2)nc1C(=O)N1CCCC(CCC(N)=O)C1. The predicted molar refractivity (Wildman–Crippen MR) is 95.4 cm³/mol. The molecule has 1 unspecified atom stereocenters. The lowest BCUT2D eigenvalue weighted by Gasteiger charge is -2.32. The molecule has 0 bridgehead atoms. The third-order valence-electron chi connectivity index (χ3n) is 4.73. The molecule has 1 aromatic carbocycles. The second-order valence-electron chi connectivity index (χ2n) is 6.71. The number of hydrogen-bond donors (Lipinski definition) is 1. The highest BCUT2D eigenvalue weighted by molar-refractivity contribution is 5.93. The highest BCUT2D eigenvalue weighted by Gasteiger charge is 2.27. The zero-order chi connectivity index (χ0) is 17.8. The van der Waals surface area contributed by atoms with E-state index in [2.05, 4.69) is 5.10 Å². The zero-order valence-electron chi connectivity index (χ0n) is 14.5. The maximum Gasteiger partial charge on any atom is 0.274 e. The van der Waals surface area contributed by atoms with Crippen LogP contribution >= 0.6 is 0 Å². The molecule has 2 heterocycles. The Hall–Kier alpha value is -2.63. The van der Waals surface area contributed by atoms with Gasteiger partial charge in [0.15, 0.2) is 5.69 Å². The van der Waals surface area contributed by atoms with E-state index in [1.807, 2.05) is 48.4 Å². The molecule has 1 aliphatic heterocycles. The Morgan fingerprint density at radius 3 is 2.76 bits per heavy atom. The summed E-state index contributed by atoms with van der Waals surface area (Å²) in [4.78, 5) is 25.8. The molecule has 1 fully saturated rings. The second kappa shape index (κ2) is 7.51. The van der Waals surface area contributed by atoms with Crippen molar-refractivity contribution in [1.82, 2.24) is 14.7 Å². The van der Waals surface area contributed by atoms with Crippen molar-refractivity contribution in [2.45, 2.75) is 32.6 Å². The van der Waals surface area contributed by atoms with E-state index in [1.54, 1.807) is 4.68 Å². The van der Waals surface area contributed by atoms with Crippen LogP contribution in [0.4, 0.5) is 0 Å². The van der Waals surface area contributed by atoms with Crippen LogP contribution in [0.15, 0.2) is 36.5 Å². The van der Waals surface area contributed by atoms with Crippen LogP contribution in [-0.4, -0.2) is 39.6 Å². The van der Waals surface area contributed by atoms with Crippen molar-refractivity contribution < 1.29 is 9.59 Å². The monoisotopic (exact) mass is 340 g/mol. The highest BCUT2D eigenvalue weighted by atomic mass is 16.2. The van der Waals surface area contributed by atoms with Crippen molar-refractivity contribution in [2.24, 2.45) is 11.7 Å². The summed E-state index contributed by atoms with van der Waals surface area (Å²) in [5, 5.41) is 4.51. The number of hydrogen-bond acceptors (Lipinski definition) is 3. The smallest absolute Gasteiger partial charge is 0.274 e. The number of nitrogens with two attached hydrogens (primary N) is 1. The van der Waals surface area contributed by atoms with Crippen molar-refractivity contribution in [3.8, 4) is 5.69 Å². The van der Waals surface area contributed by atoms with E-state index in [4.69, 9.17) is 5.73 Å². The lowest BCUT2D eigenvalue weighted by molar-refractivity contribution is -0.118. The minimum atomic E-state index is -0.277. The standard InChI is InChI=1S/C19H24N4O2/c1-14-12-23(16-7-3-2-4-8-16)21-18(14)19(25)22-11-5-6-15(13-22)9-10-17(20)24/h2-4,7-8,12,15H,5-6,9-11,13H2,1H3,(H2,20,24). The van der Waals surface area contributed by atoms with Crippen LogP contribution in [-0.2, 0) is 4.79 Å². The van der Waals surface area contributed by atoms with Crippen molar-refractivity contribution in [3.63, 3.8) is 0 Å². The maximum atomic E-state index is 12.9. The molecule has 3 rings (SSSR count). The van der Waals surface area contributed by atoms with Gasteiger partial charge in [-0.05, 0) is 44.2 Å². The summed E-state index contributed by atoms with van der Waals surface area (Å²) in [6, 6.07) is 9.76. The molecular formula is C19H24N4O2. The molecule has 0 aliphatic carbocycles. The fraction of sp³-hybridized carbons (Fsp3) is 0.421. The maximum absolute atomic E-state index is 12.9. The Balaban J connectivity index is 1.72. The number of likely N-dealkylation sites (tertiary alicyclic amines) is 1. The average Bonchev–Trinajstić information content (AvgIpc) is 3.02. The molecule has 0 radical (unpaired) electrons. The largest absolute Gasteiger partial charge is 0.370 e.